The molecule has 2 N–H and O–H groups in total. The molecule has 1 heterocycles. The molecule has 1 unspecified atom stereocenters. The number of halogens is 1. The summed E-state index contributed by atoms with van der Waals surface area (Å²) < 4.78 is 0.633. The summed E-state index contributed by atoms with van der Waals surface area (Å²) in [4.78, 5) is 24.6. The summed E-state index contributed by atoms with van der Waals surface area (Å²) in [6.45, 7) is 5.95. The molecule has 0 saturated carbocycles. The maximum Gasteiger partial charge on any atom is 0.254 e. The zero-order valence-electron chi connectivity index (χ0n) is 9.83. The number of hydrogen-bond acceptors (Lipinski definition) is 3. The van der Waals surface area contributed by atoms with Gasteiger partial charge in [0.1, 0.15) is 0 Å². The van der Waals surface area contributed by atoms with Crippen molar-refractivity contribution in [1.29, 1.82) is 0 Å². The number of nitrogens with zero attached hydrogens (tertiary/aromatic N) is 1. The standard InChI is InChI=1S/C11H17BrN2O3/c1-8(12)6-13-10(16)11(17)4-3-5-14(7-11)9(2)15/h17H,1,3-7H2,2H3,(H,13,16). The zero-order valence-corrected chi connectivity index (χ0v) is 11.4. The van der Waals surface area contributed by atoms with E-state index < -0.39 is 11.5 Å². The Balaban J connectivity index is 2.63. The maximum absolute atomic E-state index is 11.8. The second-order valence-corrected chi connectivity index (χ2v) is 5.40. The second kappa shape index (κ2) is 5.64. The highest BCUT2D eigenvalue weighted by Gasteiger charge is 2.40. The van der Waals surface area contributed by atoms with Gasteiger partial charge in [-0.15, -0.1) is 0 Å². The van der Waals surface area contributed by atoms with Gasteiger partial charge in [-0.05, 0) is 12.8 Å². The van der Waals surface area contributed by atoms with Crippen LogP contribution in [0.15, 0.2) is 11.1 Å². The Bertz CT molecular complexity index is 346. The molecule has 1 aliphatic rings. The minimum atomic E-state index is -1.48. The Morgan fingerprint density at radius 3 is 2.76 bits per heavy atom. The molecule has 0 bridgehead atoms. The first kappa shape index (κ1) is 14.2. The molecule has 0 aliphatic carbocycles. The highest BCUT2D eigenvalue weighted by molar-refractivity contribution is 9.11. The molecule has 0 aromatic carbocycles. The molecule has 6 heteroatoms. The fourth-order valence-corrected chi connectivity index (χ4v) is 1.97. The van der Waals surface area contributed by atoms with E-state index in [-0.39, 0.29) is 19.0 Å². The second-order valence-electron chi connectivity index (χ2n) is 4.28. The number of likely N-dealkylation sites (tertiary alicyclic amines) is 1. The van der Waals surface area contributed by atoms with Gasteiger partial charge in [-0.2, -0.15) is 0 Å². The lowest BCUT2D eigenvalue weighted by Gasteiger charge is -2.37. The molecule has 0 aromatic rings. The van der Waals surface area contributed by atoms with Crippen molar-refractivity contribution in [3.05, 3.63) is 11.1 Å². The van der Waals surface area contributed by atoms with Crippen LogP contribution in [0.4, 0.5) is 0 Å². The molecule has 1 saturated heterocycles. The predicted octanol–water partition coefficient (Wildman–Crippen LogP) is 0.385. The third kappa shape index (κ3) is 3.81. The third-order valence-electron chi connectivity index (χ3n) is 2.78. The van der Waals surface area contributed by atoms with Crippen LogP contribution in [0.2, 0.25) is 0 Å². The van der Waals surface area contributed by atoms with Crippen molar-refractivity contribution in [2.75, 3.05) is 19.6 Å². The molecular formula is C11H17BrN2O3. The molecule has 1 atom stereocenters. The van der Waals surface area contributed by atoms with Crippen molar-refractivity contribution in [3.63, 3.8) is 0 Å². The zero-order chi connectivity index (χ0) is 13.1. The molecule has 1 aliphatic heterocycles. The van der Waals surface area contributed by atoms with E-state index in [0.717, 1.165) is 0 Å². The van der Waals surface area contributed by atoms with Crippen LogP contribution in [0.3, 0.4) is 0 Å². The lowest BCUT2D eigenvalue weighted by Crippen LogP contribution is -2.58. The first-order chi connectivity index (χ1) is 7.85. The van der Waals surface area contributed by atoms with Crippen molar-refractivity contribution >= 4 is 27.7 Å². The van der Waals surface area contributed by atoms with Crippen LogP contribution in [0.25, 0.3) is 0 Å². The molecular weight excluding hydrogens is 288 g/mol. The summed E-state index contributed by atoms with van der Waals surface area (Å²) in [5.41, 5.74) is -1.48. The molecule has 1 rings (SSSR count). The van der Waals surface area contributed by atoms with Gasteiger partial charge in [-0.3, -0.25) is 9.59 Å². The SMILES string of the molecule is C=C(Br)CNC(=O)C1(O)CCCN(C(C)=O)C1. The van der Waals surface area contributed by atoms with Crippen LogP contribution in [0.1, 0.15) is 19.8 Å². The Hall–Kier alpha value is -0.880. The highest BCUT2D eigenvalue weighted by atomic mass is 79.9. The van der Waals surface area contributed by atoms with E-state index in [9.17, 15) is 14.7 Å². The van der Waals surface area contributed by atoms with Gasteiger partial charge in [0.2, 0.25) is 5.91 Å². The largest absolute Gasteiger partial charge is 0.378 e. The number of amides is 2. The minimum absolute atomic E-state index is 0.0585. The van der Waals surface area contributed by atoms with Crippen molar-refractivity contribution in [2.24, 2.45) is 0 Å². The number of carbonyl (C=O) groups excluding carboxylic acids is 2. The van der Waals surface area contributed by atoms with Gasteiger partial charge in [0, 0.05) is 24.5 Å². The first-order valence-corrected chi connectivity index (χ1v) is 6.24. The minimum Gasteiger partial charge on any atom is -0.378 e. The Morgan fingerprint density at radius 2 is 2.24 bits per heavy atom. The smallest absolute Gasteiger partial charge is 0.254 e. The van der Waals surface area contributed by atoms with Crippen molar-refractivity contribution in [2.45, 2.75) is 25.4 Å². The maximum atomic E-state index is 11.8. The van der Waals surface area contributed by atoms with E-state index in [1.165, 1.54) is 11.8 Å². The van der Waals surface area contributed by atoms with Crippen LogP contribution in [0.5, 0.6) is 0 Å². The van der Waals surface area contributed by atoms with Crippen LogP contribution >= 0.6 is 15.9 Å². The molecule has 2 amide bonds. The van der Waals surface area contributed by atoms with Crippen molar-refractivity contribution in [1.82, 2.24) is 10.2 Å². The molecule has 0 aromatic heterocycles. The fourth-order valence-electron chi connectivity index (χ4n) is 1.83. The summed E-state index contributed by atoms with van der Waals surface area (Å²) in [7, 11) is 0. The monoisotopic (exact) mass is 304 g/mol. The lowest BCUT2D eigenvalue weighted by molar-refractivity contribution is -0.150. The lowest BCUT2D eigenvalue weighted by atomic mass is 9.92. The number of rotatable bonds is 3. The van der Waals surface area contributed by atoms with E-state index in [4.69, 9.17) is 0 Å². The molecule has 1 fully saturated rings. The predicted molar refractivity (Wildman–Crippen MR) is 67.5 cm³/mol. The topological polar surface area (TPSA) is 69.6 Å². The number of aliphatic hydroxyl groups is 1. The van der Waals surface area contributed by atoms with Gasteiger partial charge in [0.15, 0.2) is 5.60 Å². The van der Waals surface area contributed by atoms with E-state index >= 15 is 0 Å². The van der Waals surface area contributed by atoms with E-state index in [2.05, 4.69) is 27.8 Å². The number of nitrogens with one attached hydrogen (secondary N) is 1. The molecule has 17 heavy (non-hydrogen) atoms. The summed E-state index contributed by atoms with van der Waals surface area (Å²) >= 11 is 3.12. The van der Waals surface area contributed by atoms with Crippen LogP contribution in [-0.2, 0) is 9.59 Å². The molecule has 0 spiro atoms. The average molecular weight is 305 g/mol. The number of hydrogen-bond donors (Lipinski definition) is 2. The Labute approximate surface area is 109 Å². The van der Waals surface area contributed by atoms with Gasteiger partial charge in [0.25, 0.3) is 5.91 Å². The first-order valence-electron chi connectivity index (χ1n) is 5.44. The van der Waals surface area contributed by atoms with Gasteiger partial charge in [0.05, 0.1) is 6.54 Å². The summed E-state index contributed by atoms with van der Waals surface area (Å²) in [5, 5.41) is 12.8. The van der Waals surface area contributed by atoms with Crippen molar-refractivity contribution < 1.29 is 14.7 Å². The summed E-state index contributed by atoms with van der Waals surface area (Å²) in [5.74, 6) is -0.579. The normalized spacial score (nSPS) is 24.3. The molecule has 5 nitrogen and oxygen atoms in total. The summed E-state index contributed by atoms with van der Waals surface area (Å²) in [6.07, 6.45) is 0.996. The highest BCUT2D eigenvalue weighted by Crippen LogP contribution is 2.21. The van der Waals surface area contributed by atoms with Gasteiger partial charge >= 0.3 is 0 Å². The van der Waals surface area contributed by atoms with E-state index in [1.54, 1.807) is 0 Å². The third-order valence-corrected chi connectivity index (χ3v) is 3.06. The van der Waals surface area contributed by atoms with Crippen LogP contribution in [0, 0.1) is 0 Å². The Kier molecular flexibility index (Phi) is 4.70. The van der Waals surface area contributed by atoms with Gasteiger partial charge in [-0.1, -0.05) is 22.5 Å². The van der Waals surface area contributed by atoms with Crippen LogP contribution < -0.4 is 5.32 Å². The van der Waals surface area contributed by atoms with E-state index in [0.29, 0.717) is 23.9 Å². The van der Waals surface area contributed by atoms with Crippen LogP contribution in [-0.4, -0.2) is 47.1 Å². The quantitative estimate of drug-likeness (QED) is 0.792. The number of carbonyl (C=O) groups is 2. The van der Waals surface area contributed by atoms with Gasteiger partial charge < -0.3 is 15.3 Å². The Morgan fingerprint density at radius 1 is 1.59 bits per heavy atom. The molecule has 96 valence electrons. The molecule has 0 radical (unpaired) electrons. The fraction of sp³-hybridized carbons (Fsp3) is 0.636. The van der Waals surface area contributed by atoms with Gasteiger partial charge in [-0.25, -0.2) is 0 Å². The van der Waals surface area contributed by atoms with Crippen molar-refractivity contribution in [3.8, 4) is 0 Å². The van der Waals surface area contributed by atoms with E-state index in [1.807, 2.05) is 0 Å². The summed E-state index contributed by atoms with van der Waals surface area (Å²) in [6, 6.07) is 0. The number of piperidine rings is 1. The average Bonchev–Trinajstić information content (AvgIpc) is 2.25. The number of β-amino-alcohol motifs (C(OH)–C–C–N with tert-alkyl or cyclic N) is 1.